The average molecular weight is 210 g/mol. The van der Waals surface area contributed by atoms with Crippen molar-refractivity contribution in [2.45, 2.75) is 25.3 Å². The molecule has 0 saturated carbocycles. The third kappa shape index (κ3) is 2.72. The second kappa shape index (κ2) is 4.66. The van der Waals surface area contributed by atoms with E-state index in [1.807, 2.05) is 0 Å². The molecule has 0 radical (unpaired) electrons. The molecule has 0 aliphatic carbocycles. The zero-order chi connectivity index (χ0) is 10.7. The number of piperidine rings is 1. The topological polar surface area (TPSA) is 43.8 Å². The highest BCUT2D eigenvalue weighted by Crippen LogP contribution is 2.19. The normalized spacial score (nSPS) is 24.4. The summed E-state index contributed by atoms with van der Waals surface area (Å²) in [6.07, 6.45) is 6.91. The van der Waals surface area contributed by atoms with E-state index in [4.69, 9.17) is 5.11 Å². The van der Waals surface area contributed by atoms with Gasteiger partial charge in [0.15, 0.2) is 0 Å². The Morgan fingerprint density at radius 3 is 2.47 bits per heavy atom. The first-order chi connectivity index (χ1) is 7.25. The summed E-state index contributed by atoms with van der Waals surface area (Å²) in [5, 5.41) is 8.47. The summed E-state index contributed by atoms with van der Waals surface area (Å²) in [5.41, 5.74) is 0. The molecular weight excluding hydrogens is 192 g/mol. The number of carboxylic acid groups (broad SMARTS) is 1. The molecule has 0 spiro atoms. The molecule has 0 aromatic carbocycles. The molecule has 1 N–H and O–H groups in total. The van der Waals surface area contributed by atoms with Crippen molar-refractivity contribution >= 4 is 5.97 Å². The Balaban J connectivity index is 1.70. The van der Waals surface area contributed by atoms with Gasteiger partial charge in [0.25, 0.3) is 0 Å². The van der Waals surface area contributed by atoms with Gasteiger partial charge in [-0.25, -0.2) is 4.79 Å². The smallest absolute Gasteiger partial charge is 0.329 e. The molecule has 2 fully saturated rings. The van der Waals surface area contributed by atoms with Crippen LogP contribution in [0, 0.1) is 0 Å². The van der Waals surface area contributed by atoms with E-state index >= 15 is 0 Å². The van der Waals surface area contributed by atoms with Crippen molar-refractivity contribution in [1.29, 1.82) is 0 Å². The van der Waals surface area contributed by atoms with Crippen LogP contribution in [-0.4, -0.2) is 53.1 Å². The van der Waals surface area contributed by atoms with Crippen LogP contribution in [0.5, 0.6) is 0 Å². The van der Waals surface area contributed by atoms with Crippen molar-refractivity contribution in [2.75, 3.05) is 26.2 Å². The fourth-order valence-electron chi connectivity index (χ4n) is 2.29. The molecule has 84 valence electrons. The maximum atomic E-state index is 10.3. The van der Waals surface area contributed by atoms with E-state index in [1.165, 1.54) is 38.4 Å². The molecule has 2 saturated heterocycles. The van der Waals surface area contributed by atoms with E-state index in [9.17, 15) is 4.79 Å². The van der Waals surface area contributed by atoms with Gasteiger partial charge >= 0.3 is 5.97 Å². The van der Waals surface area contributed by atoms with Gasteiger partial charge < -0.3 is 10.0 Å². The van der Waals surface area contributed by atoms with Crippen LogP contribution in [-0.2, 0) is 4.79 Å². The first-order valence-corrected chi connectivity index (χ1v) is 5.65. The minimum atomic E-state index is -0.864. The number of carbonyl (C=O) groups is 1. The predicted molar refractivity (Wildman–Crippen MR) is 57.6 cm³/mol. The Hall–Kier alpha value is -1.03. The lowest BCUT2D eigenvalue weighted by Crippen LogP contribution is -2.58. The van der Waals surface area contributed by atoms with Crippen LogP contribution >= 0.6 is 0 Å². The first-order valence-electron chi connectivity index (χ1n) is 5.65. The standard InChI is InChI=1S/C11H18N2O2/c14-11(15)4-7-12-8-10(9-12)13-5-2-1-3-6-13/h4,7,10H,1-3,5-6,8-9H2,(H,14,15)/b7-4+. The summed E-state index contributed by atoms with van der Waals surface area (Å²) < 4.78 is 0. The van der Waals surface area contributed by atoms with Crippen LogP contribution < -0.4 is 0 Å². The molecule has 0 aromatic rings. The summed E-state index contributed by atoms with van der Waals surface area (Å²) in [6, 6.07) is 0.656. The summed E-state index contributed by atoms with van der Waals surface area (Å²) in [5.74, 6) is -0.864. The van der Waals surface area contributed by atoms with Crippen molar-refractivity contribution in [3.63, 3.8) is 0 Å². The Labute approximate surface area is 90.2 Å². The lowest BCUT2D eigenvalue weighted by molar-refractivity contribution is -0.131. The van der Waals surface area contributed by atoms with Crippen molar-refractivity contribution in [2.24, 2.45) is 0 Å². The van der Waals surface area contributed by atoms with Crippen LogP contribution in [0.2, 0.25) is 0 Å². The van der Waals surface area contributed by atoms with Gasteiger partial charge in [0.2, 0.25) is 0 Å². The van der Waals surface area contributed by atoms with Crippen molar-refractivity contribution in [3.05, 3.63) is 12.3 Å². The zero-order valence-corrected chi connectivity index (χ0v) is 8.93. The van der Waals surface area contributed by atoms with Crippen LogP contribution in [0.3, 0.4) is 0 Å². The Bertz CT molecular complexity index is 253. The number of rotatable bonds is 3. The van der Waals surface area contributed by atoms with E-state index in [-0.39, 0.29) is 0 Å². The highest BCUT2D eigenvalue weighted by Gasteiger charge is 2.30. The molecular formula is C11H18N2O2. The molecule has 4 heteroatoms. The summed E-state index contributed by atoms with van der Waals surface area (Å²) >= 11 is 0. The predicted octanol–water partition coefficient (Wildman–Crippen LogP) is 0.755. The van der Waals surface area contributed by atoms with Gasteiger partial charge in [-0.3, -0.25) is 4.90 Å². The lowest BCUT2D eigenvalue weighted by Gasteiger charge is -2.46. The molecule has 2 aliphatic rings. The molecule has 2 aliphatic heterocycles. The highest BCUT2D eigenvalue weighted by atomic mass is 16.4. The quantitative estimate of drug-likeness (QED) is 0.698. The lowest BCUT2D eigenvalue weighted by atomic mass is 10.0. The Kier molecular flexibility index (Phi) is 3.26. The summed E-state index contributed by atoms with van der Waals surface area (Å²) in [7, 11) is 0. The monoisotopic (exact) mass is 210 g/mol. The average Bonchev–Trinajstić information content (AvgIpc) is 2.16. The maximum absolute atomic E-state index is 10.3. The highest BCUT2D eigenvalue weighted by molar-refractivity contribution is 5.79. The van der Waals surface area contributed by atoms with Crippen LogP contribution in [0.1, 0.15) is 19.3 Å². The number of nitrogens with zero attached hydrogens (tertiary/aromatic N) is 2. The summed E-state index contributed by atoms with van der Waals surface area (Å²) in [6.45, 7) is 4.43. The fraction of sp³-hybridized carbons (Fsp3) is 0.727. The van der Waals surface area contributed by atoms with Crippen LogP contribution in [0.4, 0.5) is 0 Å². The zero-order valence-electron chi connectivity index (χ0n) is 8.93. The second-order valence-corrected chi connectivity index (χ2v) is 4.36. The molecule has 0 atom stereocenters. The van der Waals surface area contributed by atoms with Crippen molar-refractivity contribution in [3.8, 4) is 0 Å². The van der Waals surface area contributed by atoms with Gasteiger partial charge in [0.05, 0.1) is 0 Å². The third-order valence-corrected chi connectivity index (χ3v) is 3.23. The van der Waals surface area contributed by atoms with Gasteiger partial charge in [-0.05, 0) is 25.9 Å². The number of hydrogen-bond donors (Lipinski definition) is 1. The molecule has 4 nitrogen and oxygen atoms in total. The van der Waals surface area contributed by atoms with Crippen LogP contribution in [0.25, 0.3) is 0 Å². The second-order valence-electron chi connectivity index (χ2n) is 4.36. The third-order valence-electron chi connectivity index (χ3n) is 3.23. The molecule has 0 aromatic heterocycles. The molecule has 0 amide bonds. The van der Waals surface area contributed by atoms with E-state index < -0.39 is 5.97 Å². The van der Waals surface area contributed by atoms with E-state index in [1.54, 1.807) is 6.20 Å². The number of hydrogen-bond acceptors (Lipinski definition) is 3. The van der Waals surface area contributed by atoms with Gasteiger partial charge in [0.1, 0.15) is 0 Å². The first kappa shape index (κ1) is 10.5. The largest absolute Gasteiger partial charge is 0.478 e. The van der Waals surface area contributed by atoms with Gasteiger partial charge in [-0.2, -0.15) is 0 Å². The van der Waals surface area contributed by atoms with Crippen molar-refractivity contribution < 1.29 is 9.90 Å². The minimum absolute atomic E-state index is 0.656. The molecule has 0 bridgehead atoms. The van der Waals surface area contributed by atoms with Gasteiger partial charge in [-0.1, -0.05) is 6.42 Å². The molecule has 15 heavy (non-hydrogen) atoms. The Morgan fingerprint density at radius 1 is 1.20 bits per heavy atom. The molecule has 0 unspecified atom stereocenters. The van der Waals surface area contributed by atoms with Gasteiger partial charge in [0, 0.05) is 31.4 Å². The van der Waals surface area contributed by atoms with E-state index in [0.29, 0.717) is 6.04 Å². The maximum Gasteiger partial charge on any atom is 0.329 e. The fourth-order valence-corrected chi connectivity index (χ4v) is 2.29. The number of likely N-dealkylation sites (tertiary alicyclic amines) is 2. The van der Waals surface area contributed by atoms with E-state index in [2.05, 4.69) is 9.80 Å². The molecule has 2 rings (SSSR count). The van der Waals surface area contributed by atoms with Crippen LogP contribution in [0.15, 0.2) is 12.3 Å². The SMILES string of the molecule is O=C(O)/C=C/N1CC(N2CCCCC2)C1. The molecule has 2 heterocycles. The number of carboxylic acids is 1. The summed E-state index contributed by atoms with van der Waals surface area (Å²) in [4.78, 5) is 14.9. The minimum Gasteiger partial charge on any atom is -0.478 e. The van der Waals surface area contributed by atoms with E-state index in [0.717, 1.165) is 13.1 Å². The number of aliphatic carboxylic acids is 1. The Morgan fingerprint density at radius 2 is 1.87 bits per heavy atom. The van der Waals surface area contributed by atoms with Crippen molar-refractivity contribution in [1.82, 2.24) is 9.80 Å². The van der Waals surface area contributed by atoms with Gasteiger partial charge in [-0.15, -0.1) is 0 Å².